The highest BCUT2D eigenvalue weighted by atomic mass is 32.1. The maximum Gasteiger partial charge on any atom is 0.307 e. The molecule has 24 heavy (non-hydrogen) atoms. The van der Waals surface area contributed by atoms with Crippen molar-refractivity contribution in [1.29, 1.82) is 0 Å². The van der Waals surface area contributed by atoms with Gasteiger partial charge >= 0.3 is 5.97 Å². The number of carboxylic acid groups (broad SMARTS) is 1. The molecule has 3 rings (SSSR count). The number of hydrogen-bond acceptors (Lipinski definition) is 4. The van der Waals surface area contributed by atoms with Crippen molar-refractivity contribution < 1.29 is 19.4 Å². The predicted molar refractivity (Wildman–Crippen MR) is 92.0 cm³/mol. The van der Waals surface area contributed by atoms with Gasteiger partial charge in [0, 0.05) is 9.75 Å². The summed E-state index contributed by atoms with van der Waals surface area (Å²) in [6, 6.07) is 11.8. The second kappa shape index (κ2) is 7.05. The molecule has 2 atom stereocenters. The van der Waals surface area contributed by atoms with Gasteiger partial charge in [-0.2, -0.15) is 0 Å². The van der Waals surface area contributed by atoms with E-state index in [1.807, 2.05) is 36.4 Å². The lowest BCUT2D eigenvalue weighted by atomic mass is 9.73. The summed E-state index contributed by atoms with van der Waals surface area (Å²) in [5, 5.41) is 11.9. The van der Waals surface area contributed by atoms with E-state index in [1.54, 1.807) is 18.4 Å². The molecule has 1 aliphatic carbocycles. The van der Waals surface area contributed by atoms with Crippen molar-refractivity contribution in [3.8, 4) is 16.2 Å². The van der Waals surface area contributed by atoms with Gasteiger partial charge in [0.1, 0.15) is 5.75 Å². The first-order valence-electron chi connectivity index (χ1n) is 7.82. The average molecular weight is 345 g/mol. The average Bonchev–Trinajstić information content (AvgIpc) is 3.00. The van der Waals surface area contributed by atoms with Crippen LogP contribution < -0.4 is 10.1 Å². The Morgan fingerprint density at radius 2 is 1.88 bits per heavy atom. The minimum Gasteiger partial charge on any atom is -0.497 e. The number of thiophene rings is 1. The van der Waals surface area contributed by atoms with Gasteiger partial charge in [-0.3, -0.25) is 9.59 Å². The van der Waals surface area contributed by atoms with E-state index in [1.165, 1.54) is 0 Å². The number of amides is 1. The van der Waals surface area contributed by atoms with Crippen molar-refractivity contribution in [1.82, 2.24) is 5.32 Å². The number of carboxylic acids is 1. The van der Waals surface area contributed by atoms with Crippen LogP contribution in [0.25, 0.3) is 10.4 Å². The first kappa shape index (κ1) is 16.5. The monoisotopic (exact) mass is 345 g/mol. The Hall–Kier alpha value is -2.34. The van der Waals surface area contributed by atoms with E-state index >= 15 is 0 Å². The maximum atomic E-state index is 12.1. The molecular formula is C18H19NO4S. The standard InChI is InChI=1S/C18H19NO4S/c1-23-12-4-2-11(3-5-12)16-9-6-13(24-16)10-19-17(20)14-7-8-15(14)18(21)22/h2-6,9,14-15H,7-8,10H2,1H3,(H,19,20)(H,21,22)/t14-,15+/m0/s1. The smallest absolute Gasteiger partial charge is 0.307 e. The van der Waals surface area contributed by atoms with Crippen molar-refractivity contribution in [3.63, 3.8) is 0 Å². The molecule has 1 aromatic carbocycles. The Morgan fingerprint density at radius 3 is 2.46 bits per heavy atom. The molecule has 2 aromatic rings. The van der Waals surface area contributed by atoms with E-state index in [-0.39, 0.29) is 11.8 Å². The van der Waals surface area contributed by atoms with Crippen LogP contribution in [-0.2, 0) is 16.1 Å². The lowest BCUT2D eigenvalue weighted by Crippen LogP contribution is -2.43. The molecule has 0 aliphatic heterocycles. The van der Waals surface area contributed by atoms with Crippen LogP contribution >= 0.6 is 11.3 Å². The number of rotatable bonds is 6. The number of methoxy groups -OCH3 is 1. The minimum atomic E-state index is -0.876. The first-order valence-corrected chi connectivity index (χ1v) is 8.64. The lowest BCUT2D eigenvalue weighted by Gasteiger charge is -2.31. The molecule has 1 aliphatic rings. The summed E-state index contributed by atoms with van der Waals surface area (Å²) in [4.78, 5) is 25.2. The van der Waals surface area contributed by atoms with Gasteiger partial charge in [0.25, 0.3) is 0 Å². The highest BCUT2D eigenvalue weighted by Crippen LogP contribution is 2.35. The van der Waals surface area contributed by atoms with E-state index in [2.05, 4.69) is 5.32 Å². The third kappa shape index (κ3) is 3.43. The molecular weight excluding hydrogens is 326 g/mol. The molecule has 0 unspecified atom stereocenters. The summed E-state index contributed by atoms with van der Waals surface area (Å²) >= 11 is 1.61. The van der Waals surface area contributed by atoms with Gasteiger partial charge in [-0.05, 0) is 54.8 Å². The van der Waals surface area contributed by atoms with Crippen molar-refractivity contribution in [3.05, 3.63) is 41.3 Å². The summed E-state index contributed by atoms with van der Waals surface area (Å²) in [5.41, 5.74) is 1.10. The van der Waals surface area contributed by atoms with E-state index in [4.69, 9.17) is 9.84 Å². The zero-order valence-electron chi connectivity index (χ0n) is 13.3. The second-order valence-corrected chi connectivity index (χ2v) is 7.01. The molecule has 126 valence electrons. The number of aliphatic carboxylic acids is 1. The Bertz CT molecular complexity index is 738. The zero-order chi connectivity index (χ0) is 17.1. The summed E-state index contributed by atoms with van der Waals surface area (Å²) < 4.78 is 5.15. The number of benzene rings is 1. The molecule has 1 saturated carbocycles. The molecule has 0 saturated heterocycles. The van der Waals surface area contributed by atoms with Gasteiger partial charge in [-0.15, -0.1) is 11.3 Å². The zero-order valence-corrected chi connectivity index (χ0v) is 14.1. The van der Waals surface area contributed by atoms with Crippen LogP contribution in [-0.4, -0.2) is 24.1 Å². The highest BCUT2D eigenvalue weighted by Gasteiger charge is 2.41. The molecule has 2 N–H and O–H groups in total. The quantitative estimate of drug-likeness (QED) is 0.843. The number of ether oxygens (including phenoxy) is 1. The fourth-order valence-corrected chi connectivity index (χ4v) is 3.75. The second-order valence-electron chi connectivity index (χ2n) is 5.84. The summed E-state index contributed by atoms with van der Waals surface area (Å²) in [7, 11) is 1.64. The van der Waals surface area contributed by atoms with Gasteiger partial charge in [0.2, 0.25) is 5.91 Å². The third-order valence-corrected chi connectivity index (χ3v) is 5.54. The van der Waals surface area contributed by atoms with E-state index in [0.29, 0.717) is 19.4 Å². The molecule has 1 fully saturated rings. The van der Waals surface area contributed by atoms with Gasteiger partial charge in [-0.1, -0.05) is 0 Å². The molecule has 0 spiro atoms. The molecule has 6 heteroatoms. The third-order valence-electron chi connectivity index (χ3n) is 4.40. The summed E-state index contributed by atoms with van der Waals surface area (Å²) in [5.74, 6) is -1.13. The molecule has 5 nitrogen and oxygen atoms in total. The number of hydrogen-bond donors (Lipinski definition) is 2. The molecule has 0 radical (unpaired) electrons. The van der Waals surface area contributed by atoms with Gasteiger partial charge < -0.3 is 15.2 Å². The fraction of sp³-hybridized carbons (Fsp3) is 0.333. The van der Waals surface area contributed by atoms with Crippen LogP contribution in [0.5, 0.6) is 5.75 Å². The first-order chi connectivity index (χ1) is 11.6. The van der Waals surface area contributed by atoms with E-state index in [0.717, 1.165) is 21.1 Å². The van der Waals surface area contributed by atoms with Gasteiger partial charge in [0.15, 0.2) is 0 Å². The normalized spacial score (nSPS) is 19.4. The van der Waals surface area contributed by atoms with Crippen LogP contribution in [0.2, 0.25) is 0 Å². The van der Waals surface area contributed by atoms with Crippen LogP contribution in [0.15, 0.2) is 36.4 Å². The largest absolute Gasteiger partial charge is 0.497 e. The van der Waals surface area contributed by atoms with E-state index in [9.17, 15) is 9.59 Å². The van der Waals surface area contributed by atoms with Crippen LogP contribution in [0.1, 0.15) is 17.7 Å². The number of carbonyl (C=O) groups excluding carboxylic acids is 1. The minimum absolute atomic E-state index is 0.159. The number of carbonyl (C=O) groups is 2. The van der Waals surface area contributed by atoms with Crippen molar-refractivity contribution >= 4 is 23.2 Å². The lowest BCUT2D eigenvalue weighted by molar-refractivity contribution is -0.152. The molecule has 1 aromatic heterocycles. The molecule has 1 heterocycles. The predicted octanol–water partition coefficient (Wildman–Crippen LogP) is 3.15. The Kier molecular flexibility index (Phi) is 4.85. The number of nitrogens with one attached hydrogen (secondary N) is 1. The topological polar surface area (TPSA) is 75.6 Å². The molecule has 0 bridgehead atoms. The van der Waals surface area contributed by atoms with Crippen molar-refractivity contribution in [2.75, 3.05) is 7.11 Å². The fourth-order valence-electron chi connectivity index (χ4n) is 2.80. The maximum absolute atomic E-state index is 12.1. The Labute approximate surface area is 144 Å². The Balaban J connectivity index is 1.58. The summed E-state index contributed by atoms with van der Waals surface area (Å²) in [6.45, 7) is 0.433. The van der Waals surface area contributed by atoms with Gasteiger partial charge in [-0.25, -0.2) is 0 Å². The van der Waals surface area contributed by atoms with Crippen LogP contribution in [0.4, 0.5) is 0 Å². The summed E-state index contributed by atoms with van der Waals surface area (Å²) in [6.07, 6.45) is 1.25. The van der Waals surface area contributed by atoms with Crippen molar-refractivity contribution in [2.45, 2.75) is 19.4 Å². The van der Waals surface area contributed by atoms with Gasteiger partial charge in [0.05, 0.1) is 25.5 Å². The van der Waals surface area contributed by atoms with E-state index < -0.39 is 11.9 Å². The SMILES string of the molecule is COc1ccc(-c2ccc(CNC(=O)[C@H]3CC[C@H]3C(=O)O)s2)cc1. The van der Waals surface area contributed by atoms with Crippen LogP contribution in [0, 0.1) is 11.8 Å². The Morgan fingerprint density at radius 1 is 1.17 bits per heavy atom. The molecule has 1 amide bonds. The van der Waals surface area contributed by atoms with Crippen LogP contribution in [0.3, 0.4) is 0 Å². The van der Waals surface area contributed by atoms with Crippen molar-refractivity contribution in [2.24, 2.45) is 11.8 Å². The highest BCUT2D eigenvalue weighted by molar-refractivity contribution is 7.15.